The predicted octanol–water partition coefficient (Wildman–Crippen LogP) is 3.64. The number of aromatic hydroxyl groups is 1. The van der Waals surface area contributed by atoms with Crippen LogP contribution in [-0.4, -0.2) is 38.7 Å². The second-order valence-corrected chi connectivity index (χ2v) is 7.14. The van der Waals surface area contributed by atoms with Gasteiger partial charge < -0.3 is 15.2 Å². The number of rotatable bonds is 4. The Hall–Kier alpha value is -2.84. The van der Waals surface area contributed by atoms with E-state index in [9.17, 15) is 9.90 Å². The van der Waals surface area contributed by atoms with Gasteiger partial charge in [0.1, 0.15) is 5.82 Å². The summed E-state index contributed by atoms with van der Waals surface area (Å²) in [6.45, 7) is 7.43. The Morgan fingerprint density at radius 1 is 1.29 bits per heavy atom. The van der Waals surface area contributed by atoms with E-state index in [0.717, 1.165) is 0 Å². The number of benzene rings is 1. The van der Waals surface area contributed by atoms with Crippen LogP contribution in [0, 0.1) is 0 Å². The number of ether oxygens (including phenoxy) is 1. The molecule has 0 atom stereocenters. The van der Waals surface area contributed by atoms with Crippen molar-refractivity contribution in [2.75, 3.05) is 7.05 Å². The van der Waals surface area contributed by atoms with Gasteiger partial charge in [0.2, 0.25) is 0 Å². The molecule has 8 nitrogen and oxygen atoms in total. The Morgan fingerprint density at radius 2 is 1.93 bits per heavy atom. The number of carbonyl (C=O) groups excluding carboxylic acids is 1. The lowest BCUT2D eigenvalue weighted by Gasteiger charge is -2.24. The third kappa shape index (κ3) is 3.88. The molecular weight excluding hydrogens is 405 g/mol. The van der Waals surface area contributed by atoms with Crippen LogP contribution in [0.5, 0.6) is 17.5 Å². The zero-order valence-electron chi connectivity index (χ0n) is 15.3. The number of hydrogen-bond acceptors (Lipinski definition) is 7. The normalized spacial score (nSPS) is 14.2. The lowest BCUT2D eigenvalue weighted by Crippen LogP contribution is -2.41. The standard InChI is InChI=1S/C18H17Cl2N5O3/c1-8(2)14-13(26)7-21-18(23-14)28-16-11(19)5-10(6-12(16)20)15-17(27)22-9(3)25(4)24-15/h5-8,26H,3H2,1-2,4H3,(H,22,27). The van der Waals surface area contributed by atoms with Gasteiger partial charge in [-0.15, -0.1) is 0 Å². The highest BCUT2D eigenvalue weighted by atomic mass is 35.5. The largest absolute Gasteiger partial charge is 0.504 e. The first kappa shape index (κ1) is 19.9. The molecule has 28 heavy (non-hydrogen) atoms. The molecule has 0 fully saturated rings. The van der Waals surface area contributed by atoms with E-state index in [1.165, 1.54) is 23.3 Å². The van der Waals surface area contributed by atoms with Gasteiger partial charge in [-0.1, -0.05) is 43.6 Å². The van der Waals surface area contributed by atoms with Gasteiger partial charge in [-0.25, -0.2) is 0 Å². The van der Waals surface area contributed by atoms with Gasteiger partial charge in [0.05, 0.1) is 21.9 Å². The Labute approximate surface area is 171 Å². The van der Waals surface area contributed by atoms with Crippen molar-refractivity contribution in [2.24, 2.45) is 5.10 Å². The SMILES string of the molecule is C=C1NC(=O)C(c2cc(Cl)c(Oc3ncc(O)c(C(C)C)n3)c(Cl)c2)=NN1C. The van der Waals surface area contributed by atoms with Crippen LogP contribution in [0.25, 0.3) is 0 Å². The van der Waals surface area contributed by atoms with E-state index in [4.69, 9.17) is 27.9 Å². The Kier molecular flexibility index (Phi) is 5.44. The quantitative estimate of drug-likeness (QED) is 0.781. The van der Waals surface area contributed by atoms with Crippen LogP contribution in [0.3, 0.4) is 0 Å². The minimum absolute atomic E-state index is 0.0122. The summed E-state index contributed by atoms with van der Waals surface area (Å²) in [6, 6.07) is 3.00. The number of hydrazone groups is 1. The number of nitrogens with zero attached hydrogens (tertiary/aromatic N) is 4. The number of carbonyl (C=O) groups is 1. The molecule has 0 saturated carbocycles. The maximum absolute atomic E-state index is 12.2. The molecule has 1 aromatic heterocycles. The fourth-order valence-electron chi connectivity index (χ4n) is 2.45. The topological polar surface area (TPSA) is 99.9 Å². The Bertz CT molecular complexity index is 984. The molecule has 2 N–H and O–H groups in total. The molecule has 0 bridgehead atoms. The summed E-state index contributed by atoms with van der Waals surface area (Å²) in [5, 5.41) is 18.3. The minimum Gasteiger partial charge on any atom is -0.504 e. The fraction of sp³-hybridized carbons (Fsp3) is 0.222. The highest BCUT2D eigenvalue weighted by Gasteiger charge is 2.24. The van der Waals surface area contributed by atoms with Gasteiger partial charge in [0.25, 0.3) is 5.91 Å². The highest BCUT2D eigenvalue weighted by molar-refractivity contribution is 6.47. The second-order valence-electron chi connectivity index (χ2n) is 6.32. The van der Waals surface area contributed by atoms with Crippen molar-refractivity contribution in [1.82, 2.24) is 20.3 Å². The molecule has 1 aliphatic heterocycles. The number of amides is 1. The number of halogens is 2. The van der Waals surface area contributed by atoms with Crippen LogP contribution in [0.1, 0.15) is 31.0 Å². The Balaban J connectivity index is 1.95. The van der Waals surface area contributed by atoms with Crippen molar-refractivity contribution in [1.29, 1.82) is 0 Å². The van der Waals surface area contributed by atoms with E-state index in [2.05, 4.69) is 27.0 Å². The molecule has 1 amide bonds. The van der Waals surface area contributed by atoms with Gasteiger partial charge in [-0.2, -0.15) is 15.1 Å². The van der Waals surface area contributed by atoms with Crippen LogP contribution >= 0.6 is 23.2 Å². The first-order chi connectivity index (χ1) is 13.2. The number of aromatic nitrogens is 2. The van der Waals surface area contributed by atoms with Crippen LogP contribution < -0.4 is 10.1 Å². The summed E-state index contributed by atoms with van der Waals surface area (Å²) < 4.78 is 5.63. The zero-order valence-corrected chi connectivity index (χ0v) is 16.8. The van der Waals surface area contributed by atoms with E-state index >= 15 is 0 Å². The average Bonchev–Trinajstić information content (AvgIpc) is 2.62. The highest BCUT2D eigenvalue weighted by Crippen LogP contribution is 2.37. The number of hydrogen-bond donors (Lipinski definition) is 2. The van der Waals surface area contributed by atoms with E-state index in [1.54, 1.807) is 7.05 Å². The summed E-state index contributed by atoms with van der Waals surface area (Å²) >= 11 is 12.6. The van der Waals surface area contributed by atoms with Crippen LogP contribution in [-0.2, 0) is 4.79 Å². The first-order valence-electron chi connectivity index (χ1n) is 8.23. The van der Waals surface area contributed by atoms with Crippen molar-refractivity contribution < 1.29 is 14.6 Å². The zero-order chi connectivity index (χ0) is 20.6. The molecule has 2 heterocycles. The molecule has 0 saturated heterocycles. The maximum Gasteiger partial charge on any atom is 0.322 e. The molecule has 3 rings (SSSR count). The first-order valence-corrected chi connectivity index (χ1v) is 8.98. The number of nitrogens with one attached hydrogen (secondary N) is 1. The van der Waals surface area contributed by atoms with Crippen LogP contribution in [0.2, 0.25) is 10.0 Å². The second kappa shape index (κ2) is 7.65. The van der Waals surface area contributed by atoms with Gasteiger partial charge in [0.15, 0.2) is 17.2 Å². The summed E-state index contributed by atoms with van der Waals surface area (Å²) in [4.78, 5) is 20.3. The van der Waals surface area contributed by atoms with E-state index in [0.29, 0.717) is 17.1 Å². The van der Waals surface area contributed by atoms with Gasteiger partial charge in [-0.3, -0.25) is 9.80 Å². The van der Waals surface area contributed by atoms with Crippen molar-refractivity contribution in [3.05, 3.63) is 52.0 Å². The Morgan fingerprint density at radius 3 is 2.54 bits per heavy atom. The fourth-order valence-corrected chi connectivity index (χ4v) is 3.01. The average molecular weight is 422 g/mol. The van der Waals surface area contributed by atoms with Gasteiger partial charge in [0, 0.05) is 12.6 Å². The summed E-state index contributed by atoms with van der Waals surface area (Å²) in [7, 11) is 1.65. The molecule has 2 aromatic rings. The van der Waals surface area contributed by atoms with E-state index in [-0.39, 0.29) is 39.2 Å². The summed E-state index contributed by atoms with van der Waals surface area (Å²) in [5.41, 5.74) is 0.979. The van der Waals surface area contributed by atoms with Crippen molar-refractivity contribution >= 4 is 34.8 Å². The molecule has 1 aliphatic rings. The molecular formula is C18H17Cl2N5O3. The summed E-state index contributed by atoms with van der Waals surface area (Å²) in [5.74, 6) is 0.000831. The third-order valence-electron chi connectivity index (χ3n) is 3.90. The lowest BCUT2D eigenvalue weighted by molar-refractivity contribution is -0.115. The molecule has 0 aliphatic carbocycles. The third-order valence-corrected chi connectivity index (χ3v) is 4.46. The molecule has 0 unspecified atom stereocenters. The lowest BCUT2D eigenvalue weighted by atomic mass is 10.1. The molecule has 10 heteroatoms. The molecule has 0 spiro atoms. The van der Waals surface area contributed by atoms with Crippen molar-refractivity contribution in [3.8, 4) is 17.5 Å². The molecule has 0 radical (unpaired) electrons. The van der Waals surface area contributed by atoms with Gasteiger partial charge >= 0.3 is 6.01 Å². The minimum atomic E-state index is -0.424. The predicted molar refractivity (Wildman–Crippen MR) is 106 cm³/mol. The smallest absolute Gasteiger partial charge is 0.322 e. The van der Waals surface area contributed by atoms with Crippen LogP contribution in [0.4, 0.5) is 0 Å². The van der Waals surface area contributed by atoms with Crippen molar-refractivity contribution in [2.45, 2.75) is 19.8 Å². The maximum atomic E-state index is 12.2. The van der Waals surface area contributed by atoms with E-state index in [1.807, 2.05) is 13.8 Å². The van der Waals surface area contributed by atoms with Gasteiger partial charge in [-0.05, 0) is 18.1 Å². The van der Waals surface area contributed by atoms with Crippen LogP contribution in [0.15, 0.2) is 35.8 Å². The van der Waals surface area contributed by atoms with E-state index < -0.39 is 5.91 Å². The molecule has 146 valence electrons. The van der Waals surface area contributed by atoms with Crippen molar-refractivity contribution in [3.63, 3.8) is 0 Å². The molecule has 1 aromatic carbocycles. The monoisotopic (exact) mass is 421 g/mol. The summed E-state index contributed by atoms with van der Waals surface area (Å²) in [6.07, 6.45) is 1.25.